The van der Waals surface area contributed by atoms with Gasteiger partial charge in [0, 0.05) is 25.8 Å². The quantitative estimate of drug-likeness (QED) is 0.0778. The lowest BCUT2D eigenvalue weighted by Crippen LogP contribution is -2.51. The number of hydrogen-bond acceptors (Lipinski definition) is 10. The number of aromatic amines is 2. The standard InChI is InChI=1S/C50H62N10O8/c1-27(2)42(56-48(63)67-6)46(61)58-21-7-9-40(58)44-52-34-17-13-30(24-36(34)54-44)38-19-20-39(60(38)33-15-11-29(12-16-33)23-32-26-68-49(64)51-32)31-14-18-35-37(25-31)55-45(53-35)41-10-8-22-59(41)47(62)43(28(3)4)57(5)50(65)66/h11-18,24-25,27-28,32,38-43H,7-10,19-23,26H2,1-6H3,(H,51,64)(H,52,54)(H,53,55)(H,56,63)(H,65,66)/t32-,38+,39+,40-,41-,42-,43-/m0/s1. The first kappa shape index (κ1) is 46.3. The third kappa shape index (κ3) is 8.99. The SMILES string of the molecule is COC(=O)N[C@H](C(=O)N1CCC[C@H]1c1nc2ccc([C@H]3CC[C@H](c4ccc5nc([C@@H]6CCCN6C(=O)[C@H](C(C)C)N(C)C(=O)O)[nH]c5c4)N3c3ccc(C[C@H]4COC(=O)N4)cc3)cc2[nH]1)C(C)C. The Morgan fingerprint density at radius 3 is 1.84 bits per heavy atom. The van der Waals surface area contributed by atoms with Crippen molar-refractivity contribution in [3.05, 3.63) is 89.0 Å². The van der Waals surface area contributed by atoms with E-state index in [9.17, 15) is 29.1 Å². The minimum atomic E-state index is -1.14. The average Bonchev–Trinajstić information content (AvgIpc) is 4.18. The molecule has 9 rings (SSSR count). The maximum absolute atomic E-state index is 14.0. The molecule has 6 heterocycles. The second kappa shape index (κ2) is 19.0. The fourth-order valence-electron chi connectivity index (χ4n) is 11.0. The van der Waals surface area contributed by atoms with Crippen molar-refractivity contribution in [2.75, 3.05) is 38.8 Å². The normalized spacial score (nSPS) is 22.6. The molecule has 0 saturated carbocycles. The molecule has 68 heavy (non-hydrogen) atoms. The summed E-state index contributed by atoms with van der Waals surface area (Å²) in [6.45, 7) is 8.97. The number of likely N-dealkylation sites (tertiary alicyclic amines) is 2. The molecule has 18 heteroatoms. The molecule has 360 valence electrons. The van der Waals surface area contributed by atoms with Crippen LogP contribution in [0.15, 0.2) is 60.7 Å². The molecule has 0 radical (unpaired) electrons. The molecule has 0 unspecified atom stereocenters. The van der Waals surface area contributed by atoms with Gasteiger partial charge in [0.25, 0.3) is 0 Å². The number of imidazole rings is 2. The molecule has 7 atom stereocenters. The Labute approximate surface area is 395 Å². The highest BCUT2D eigenvalue weighted by Crippen LogP contribution is 2.48. The molecule has 0 aliphatic carbocycles. The first-order valence-corrected chi connectivity index (χ1v) is 23.9. The van der Waals surface area contributed by atoms with E-state index >= 15 is 0 Å². The number of fused-ring (bicyclic) bond motifs is 2. The summed E-state index contributed by atoms with van der Waals surface area (Å²) in [4.78, 5) is 88.1. The number of hydrogen-bond donors (Lipinski definition) is 5. The van der Waals surface area contributed by atoms with Crippen LogP contribution in [0, 0.1) is 11.8 Å². The van der Waals surface area contributed by atoms with E-state index in [1.807, 2.05) is 44.7 Å². The number of likely N-dealkylation sites (N-methyl/N-ethyl adjacent to an activating group) is 1. The molecule has 5 N–H and O–H groups in total. The van der Waals surface area contributed by atoms with Crippen LogP contribution in [-0.2, 0) is 25.5 Å². The molecule has 4 fully saturated rings. The van der Waals surface area contributed by atoms with E-state index in [-0.39, 0.29) is 53.9 Å². The molecule has 2 aromatic heterocycles. The third-order valence-electron chi connectivity index (χ3n) is 14.4. The number of alkyl carbamates (subject to hydrolysis) is 2. The number of benzene rings is 3. The smallest absolute Gasteiger partial charge is 0.407 e. The van der Waals surface area contributed by atoms with Gasteiger partial charge in [0.05, 0.1) is 59.4 Å². The predicted molar refractivity (Wildman–Crippen MR) is 254 cm³/mol. The summed E-state index contributed by atoms with van der Waals surface area (Å²) >= 11 is 0. The van der Waals surface area contributed by atoms with Crippen molar-refractivity contribution in [2.24, 2.45) is 11.8 Å². The lowest BCUT2D eigenvalue weighted by Gasteiger charge is -2.33. The van der Waals surface area contributed by atoms with Crippen LogP contribution in [0.2, 0.25) is 0 Å². The van der Waals surface area contributed by atoms with E-state index in [1.54, 1.807) is 4.90 Å². The number of carboxylic acid groups (broad SMARTS) is 1. The summed E-state index contributed by atoms with van der Waals surface area (Å²) < 4.78 is 9.97. The van der Waals surface area contributed by atoms with Crippen molar-refractivity contribution in [3.8, 4) is 0 Å². The van der Waals surface area contributed by atoms with Crippen LogP contribution in [0.5, 0.6) is 0 Å². The number of nitrogens with zero attached hydrogens (tertiary/aromatic N) is 6. The van der Waals surface area contributed by atoms with Crippen LogP contribution < -0.4 is 15.5 Å². The van der Waals surface area contributed by atoms with Crippen molar-refractivity contribution in [1.29, 1.82) is 0 Å². The second-order valence-electron chi connectivity index (χ2n) is 19.4. The first-order chi connectivity index (χ1) is 32.7. The van der Waals surface area contributed by atoms with Crippen LogP contribution >= 0.6 is 0 Å². The lowest BCUT2D eigenvalue weighted by atomic mass is 10.0. The van der Waals surface area contributed by atoms with Crippen molar-refractivity contribution in [3.63, 3.8) is 0 Å². The largest absolute Gasteiger partial charge is 0.465 e. The van der Waals surface area contributed by atoms with Gasteiger partial charge in [-0.2, -0.15) is 0 Å². The average molecular weight is 931 g/mol. The van der Waals surface area contributed by atoms with E-state index in [1.165, 1.54) is 14.2 Å². The van der Waals surface area contributed by atoms with Gasteiger partial charge in [0.1, 0.15) is 30.3 Å². The van der Waals surface area contributed by atoms with Gasteiger partial charge >= 0.3 is 18.3 Å². The molecule has 0 spiro atoms. The molecule has 3 aromatic carbocycles. The zero-order chi connectivity index (χ0) is 48.0. The van der Waals surface area contributed by atoms with Crippen molar-refractivity contribution >= 4 is 57.8 Å². The summed E-state index contributed by atoms with van der Waals surface area (Å²) in [5, 5.41) is 15.4. The minimum absolute atomic E-state index is 0.00538. The lowest BCUT2D eigenvalue weighted by molar-refractivity contribution is -0.138. The summed E-state index contributed by atoms with van der Waals surface area (Å²) in [5.74, 6) is 0.696. The Bertz CT molecular complexity index is 2700. The van der Waals surface area contributed by atoms with Gasteiger partial charge in [-0.25, -0.2) is 24.4 Å². The molecular weight excluding hydrogens is 869 g/mol. The molecular formula is C50H62N10O8. The van der Waals surface area contributed by atoms with Gasteiger partial charge in [0.2, 0.25) is 11.8 Å². The molecule has 5 aromatic rings. The highest BCUT2D eigenvalue weighted by molar-refractivity contribution is 5.87. The monoisotopic (exact) mass is 930 g/mol. The topological polar surface area (TPSA) is 218 Å². The second-order valence-corrected chi connectivity index (χ2v) is 19.4. The third-order valence-corrected chi connectivity index (χ3v) is 14.4. The zero-order valence-electron chi connectivity index (χ0n) is 39.5. The van der Waals surface area contributed by atoms with Gasteiger partial charge in [-0.1, -0.05) is 52.0 Å². The highest BCUT2D eigenvalue weighted by atomic mass is 16.6. The van der Waals surface area contributed by atoms with Crippen LogP contribution in [0.1, 0.15) is 119 Å². The van der Waals surface area contributed by atoms with Gasteiger partial charge in [-0.15, -0.1) is 0 Å². The van der Waals surface area contributed by atoms with Crippen LogP contribution in [0.4, 0.5) is 20.1 Å². The Morgan fingerprint density at radius 1 is 0.794 bits per heavy atom. The van der Waals surface area contributed by atoms with Crippen molar-refractivity contribution in [2.45, 2.75) is 115 Å². The number of rotatable bonds is 13. The Balaban J connectivity index is 1.01. The number of methoxy groups -OCH3 is 1. The van der Waals surface area contributed by atoms with Crippen LogP contribution in [0.3, 0.4) is 0 Å². The number of cyclic esters (lactones) is 1. The highest BCUT2D eigenvalue weighted by Gasteiger charge is 2.41. The van der Waals surface area contributed by atoms with Crippen LogP contribution in [0.25, 0.3) is 22.1 Å². The van der Waals surface area contributed by atoms with E-state index in [4.69, 9.17) is 19.4 Å². The molecule has 4 aliphatic rings. The number of anilines is 1. The van der Waals surface area contributed by atoms with Gasteiger partial charge < -0.3 is 49.9 Å². The van der Waals surface area contributed by atoms with E-state index in [0.717, 1.165) is 87.9 Å². The molecule has 4 aliphatic heterocycles. The minimum Gasteiger partial charge on any atom is -0.465 e. The van der Waals surface area contributed by atoms with Crippen molar-refractivity contribution in [1.82, 2.24) is 45.3 Å². The predicted octanol–water partition coefficient (Wildman–Crippen LogP) is 7.51. The summed E-state index contributed by atoms with van der Waals surface area (Å²) in [6.07, 6.45) is 3.30. The maximum atomic E-state index is 14.0. The van der Waals surface area contributed by atoms with Crippen molar-refractivity contribution < 1.29 is 38.6 Å². The summed E-state index contributed by atoms with van der Waals surface area (Å²) in [6, 6.07) is 19.1. The number of amides is 5. The molecule has 4 saturated heterocycles. The van der Waals surface area contributed by atoms with E-state index in [2.05, 4.69) is 74.0 Å². The Hall–Kier alpha value is -6.85. The number of carbonyl (C=O) groups is 5. The number of ether oxygens (including phenoxy) is 2. The van der Waals surface area contributed by atoms with Gasteiger partial charge in [-0.05, 0) is 110 Å². The number of H-pyrrole nitrogens is 2. The number of nitrogens with one attached hydrogen (secondary N) is 4. The number of aromatic nitrogens is 4. The van der Waals surface area contributed by atoms with Crippen LogP contribution in [-0.4, -0.2) is 122 Å². The van der Waals surface area contributed by atoms with Gasteiger partial charge in [-0.3, -0.25) is 14.5 Å². The summed E-state index contributed by atoms with van der Waals surface area (Å²) in [7, 11) is 2.74. The van der Waals surface area contributed by atoms with Gasteiger partial charge in [0.15, 0.2) is 0 Å². The summed E-state index contributed by atoms with van der Waals surface area (Å²) in [5.41, 5.74) is 7.72. The molecule has 5 amide bonds. The maximum Gasteiger partial charge on any atom is 0.407 e. The zero-order valence-corrected chi connectivity index (χ0v) is 39.5. The first-order valence-electron chi connectivity index (χ1n) is 23.9. The number of carbonyl (C=O) groups excluding carboxylic acids is 4. The fraction of sp³-hybridized carbons (Fsp3) is 0.500. The Kier molecular flexibility index (Phi) is 13.0. The van der Waals surface area contributed by atoms with E-state index < -0.39 is 30.4 Å². The Morgan fingerprint density at radius 2 is 1.35 bits per heavy atom. The molecule has 0 bridgehead atoms. The fourth-order valence-corrected chi connectivity index (χ4v) is 11.0. The van der Waals surface area contributed by atoms with E-state index in [0.29, 0.717) is 37.8 Å². The molecule has 18 nitrogen and oxygen atoms in total.